The van der Waals surface area contributed by atoms with Gasteiger partial charge in [-0.2, -0.15) is 5.10 Å². The molecule has 1 aromatic heterocycles. The maximum absolute atomic E-state index is 6.43. The van der Waals surface area contributed by atoms with Crippen molar-refractivity contribution in [3.63, 3.8) is 0 Å². The molecule has 0 bridgehead atoms. The minimum atomic E-state index is 0.620. The molecule has 28 heavy (non-hydrogen) atoms. The summed E-state index contributed by atoms with van der Waals surface area (Å²) in [5.74, 6) is 0.992. The van der Waals surface area contributed by atoms with E-state index in [-0.39, 0.29) is 0 Å². The Morgan fingerprint density at radius 1 is 0.821 bits per heavy atom. The van der Waals surface area contributed by atoms with Crippen LogP contribution < -0.4 is 5.32 Å². The van der Waals surface area contributed by atoms with Crippen LogP contribution in [0.25, 0.3) is 28.1 Å². The highest BCUT2D eigenvalue weighted by molar-refractivity contribution is 6.34. The molecule has 1 aliphatic rings. The van der Waals surface area contributed by atoms with E-state index in [1.807, 2.05) is 16.8 Å². The summed E-state index contributed by atoms with van der Waals surface area (Å²) in [5.41, 5.74) is 6.47. The van der Waals surface area contributed by atoms with Gasteiger partial charge in [-0.05, 0) is 35.7 Å². The maximum atomic E-state index is 6.43. The molecule has 0 aliphatic carbocycles. The number of nitrogens with zero attached hydrogens (tertiary/aromatic N) is 2. The quantitative estimate of drug-likeness (QED) is 0.422. The third-order valence-electron chi connectivity index (χ3n) is 5.05. The van der Waals surface area contributed by atoms with Crippen LogP contribution >= 0.6 is 23.2 Å². The van der Waals surface area contributed by atoms with Crippen molar-refractivity contribution in [3.8, 4) is 28.1 Å². The van der Waals surface area contributed by atoms with Gasteiger partial charge in [0.25, 0.3) is 0 Å². The molecule has 138 valence electrons. The van der Waals surface area contributed by atoms with Crippen LogP contribution in [0.1, 0.15) is 5.56 Å². The minimum absolute atomic E-state index is 0.620. The molecule has 0 spiro atoms. The van der Waals surface area contributed by atoms with Gasteiger partial charge in [0.05, 0.1) is 16.4 Å². The van der Waals surface area contributed by atoms with Crippen LogP contribution in [0, 0.1) is 0 Å². The predicted octanol–water partition coefficient (Wildman–Crippen LogP) is 6.48. The van der Waals surface area contributed by atoms with Gasteiger partial charge in [0.15, 0.2) is 0 Å². The summed E-state index contributed by atoms with van der Waals surface area (Å²) in [7, 11) is 0. The van der Waals surface area contributed by atoms with Crippen molar-refractivity contribution >= 4 is 29.0 Å². The Morgan fingerprint density at radius 2 is 1.54 bits per heavy atom. The van der Waals surface area contributed by atoms with Gasteiger partial charge in [-0.25, -0.2) is 4.68 Å². The van der Waals surface area contributed by atoms with Crippen molar-refractivity contribution in [2.75, 3.05) is 11.9 Å². The Kier molecular flexibility index (Phi) is 4.34. The summed E-state index contributed by atoms with van der Waals surface area (Å²) >= 11 is 12.6. The van der Waals surface area contributed by atoms with E-state index < -0.39 is 0 Å². The zero-order valence-electron chi connectivity index (χ0n) is 15.0. The molecule has 2 heterocycles. The van der Waals surface area contributed by atoms with Crippen LogP contribution in [0.2, 0.25) is 10.0 Å². The topological polar surface area (TPSA) is 29.9 Å². The zero-order valence-corrected chi connectivity index (χ0v) is 16.5. The van der Waals surface area contributed by atoms with Crippen LogP contribution in [0.15, 0.2) is 72.8 Å². The van der Waals surface area contributed by atoms with E-state index in [4.69, 9.17) is 28.3 Å². The number of anilines is 1. The molecule has 0 radical (unpaired) electrons. The van der Waals surface area contributed by atoms with E-state index in [1.54, 1.807) is 12.1 Å². The Morgan fingerprint density at radius 3 is 2.32 bits per heavy atom. The van der Waals surface area contributed by atoms with E-state index in [9.17, 15) is 0 Å². The maximum Gasteiger partial charge on any atom is 0.133 e. The molecule has 4 aromatic rings. The summed E-state index contributed by atoms with van der Waals surface area (Å²) in [5, 5.41) is 9.58. The highest BCUT2D eigenvalue weighted by Gasteiger charge is 2.24. The minimum Gasteiger partial charge on any atom is -0.369 e. The van der Waals surface area contributed by atoms with Gasteiger partial charge >= 0.3 is 0 Å². The van der Waals surface area contributed by atoms with Gasteiger partial charge in [-0.1, -0.05) is 77.8 Å². The highest BCUT2D eigenvalue weighted by atomic mass is 35.5. The standard InChI is InChI=1S/C23H17Cl2N3/c24-18-10-11-20(25)21(14-18)28-23-19(12-13-26-23)22(27-28)17-8-6-16(7-9-17)15-4-2-1-3-5-15/h1-11,14,26H,12-13H2. The number of nitrogens with one attached hydrogen (secondary N) is 1. The summed E-state index contributed by atoms with van der Waals surface area (Å²) in [6.07, 6.45) is 0.934. The molecule has 0 atom stereocenters. The molecule has 0 saturated heterocycles. The summed E-state index contributed by atoms with van der Waals surface area (Å²) in [6.45, 7) is 0.889. The molecule has 0 saturated carbocycles. The molecule has 1 N–H and O–H groups in total. The lowest BCUT2D eigenvalue weighted by atomic mass is 10.0. The van der Waals surface area contributed by atoms with E-state index in [0.29, 0.717) is 10.0 Å². The molecule has 5 rings (SSSR count). The molecule has 0 fully saturated rings. The highest BCUT2D eigenvalue weighted by Crippen LogP contribution is 2.37. The fourth-order valence-corrected chi connectivity index (χ4v) is 4.04. The van der Waals surface area contributed by atoms with Gasteiger partial charge in [0.2, 0.25) is 0 Å². The summed E-state index contributed by atoms with van der Waals surface area (Å²) in [6, 6.07) is 24.4. The second kappa shape index (κ2) is 7.01. The van der Waals surface area contributed by atoms with Crippen LogP contribution in [-0.4, -0.2) is 16.3 Å². The number of benzene rings is 3. The Hall–Kier alpha value is -2.75. The summed E-state index contributed by atoms with van der Waals surface area (Å²) in [4.78, 5) is 0. The second-order valence-electron chi connectivity index (χ2n) is 6.80. The van der Waals surface area contributed by atoms with Gasteiger partial charge in [0, 0.05) is 22.7 Å². The van der Waals surface area contributed by atoms with Crippen molar-refractivity contribution in [3.05, 3.63) is 88.4 Å². The first-order chi connectivity index (χ1) is 13.7. The van der Waals surface area contributed by atoms with Crippen molar-refractivity contribution in [1.29, 1.82) is 0 Å². The molecular weight excluding hydrogens is 389 g/mol. The Labute approximate surface area is 173 Å². The monoisotopic (exact) mass is 405 g/mol. The average Bonchev–Trinajstić information content (AvgIpc) is 3.34. The second-order valence-corrected chi connectivity index (χ2v) is 7.65. The average molecular weight is 406 g/mol. The van der Waals surface area contributed by atoms with Crippen LogP contribution in [0.3, 0.4) is 0 Å². The number of halogens is 2. The van der Waals surface area contributed by atoms with Crippen LogP contribution in [-0.2, 0) is 6.42 Å². The molecule has 3 aromatic carbocycles. The van der Waals surface area contributed by atoms with Gasteiger partial charge in [-0.15, -0.1) is 0 Å². The van der Waals surface area contributed by atoms with E-state index >= 15 is 0 Å². The predicted molar refractivity (Wildman–Crippen MR) is 117 cm³/mol. The van der Waals surface area contributed by atoms with E-state index in [2.05, 4.69) is 53.8 Å². The lowest BCUT2D eigenvalue weighted by molar-refractivity contribution is 0.883. The lowest BCUT2D eigenvalue weighted by Crippen LogP contribution is -2.04. The Balaban J connectivity index is 1.59. The Bertz CT molecular complexity index is 1150. The lowest BCUT2D eigenvalue weighted by Gasteiger charge is -2.09. The SMILES string of the molecule is Clc1ccc(Cl)c(-n2nc(-c3ccc(-c4ccccc4)cc3)c3c2NCC3)c1. The molecule has 0 amide bonds. The fraction of sp³-hybridized carbons (Fsp3) is 0.0870. The molecule has 0 unspecified atom stereocenters. The first kappa shape index (κ1) is 17.4. The van der Waals surface area contributed by atoms with Gasteiger partial charge < -0.3 is 5.32 Å². The molecule has 1 aliphatic heterocycles. The first-order valence-electron chi connectivity index (χ1n) is 9.18. The smallest absolute Gasteiger partial charge is 0.133 e. The number of rotatable bonds is 3. The number of hydrogen-bond acceptors (Lipinski definition) is 2. The molecular formula is C23H17Cl2N3. The molecule has 5 heteroatoms. The van der Waals surface area contributed by atoms with Crippen molar-refractivity contribution in [2.45, 2.75) is 6.42 Å². The van der Waals surface area contributed by atoms with Gasteiger partial charge in [-0.3, -0.25) is 0 Å². The van der Waals surface area contributed by atoms with Crippen LogP contribution in [0.5, 0.6) is 0 Å². The number of aromatic nitrogens is 2. The van der Waals surface area contributed by atoms with Crippen molar-refractivity contribution in [1.82, 2.24) is 9.78 Å². The van der Waals surface area contributed by atoms with E-state index in [1.165, 1.54) is 16.7 Å². The fourth-order valence-electron chi connectivity index (χ4n) is 3.68. The largest absolute Gasteiger partial charge is 0.369 e. The van der Waals surface area contributed by atoms with Crippen molar-refractivity contribution in [2.24, 2.45) is 0 Å². The van der Waals surface area contributed by atoms with E-state index in [0.717, 1.165) is 35.7 Å². The molecule has 3 nitrogen and oxygen atoms in total. The first-order valence-corrected chi connectivity index (χ1v) is 9.93. The van der Waals surface area contributed by atoms with Crippen molar-refractivity contribution < 1.29 is 0 Å². The van der Waals surface area contributed by atoms with Gasteiger partial charge in [0.1, 0.15) is 5.82 Å². The normalized spacial score (nSPS) is 12.6. The summed E-state index contributed by atoms with van der Waals surface area (Å²) < 4.78 is 1.87. The van der Waals surface area contributed by atoms with Crippen LogP contribution in [0.4, 0.5) is 5.82 Å². The zero-order chi connectivity index (χ0) is 19.1. The number of hydrogen-bond donors (Lipinski definition) is 1. The third kappa shape index (κ3) is 2.97. The third-order valence-corrected chi connectivity index (χ3v) is 5.61. The number of fused-ring (bicyclic) bond motifs is 1.